The third-order valence-electron chi connectivity index (χ3n) is 2.50. The van der Waals surface area contributed by atoms with Gasteiger partial charge in [-0.25, -0.2) is 0 Å². The van der Waals surface area contributed by atoms with Crippen LogP contribution in [-0.2, 0) is 4.79 Å². The molecule has 0 saturated heterocycles. The highest BCUT2D eigenvalue weighted by atomic mass is 79.9. The van der Waals surface area contributed by atoms with E-state index in [0.29, 0.717) is 18.2 Å². The van der Waals surface area contributed by atoms with Crippen LogP contribution >= 0.6 is 15.9 Å². The molecule has 1 aromatic carbocycles. The largest absolute Gasteiger partial charge is 0.415 e. The van der Waals surface area contributed by atoms with Crippen LogP contribution in [0.4, 0.5) is 18.9 Å². The lowest BCUT2D eigenvalue weighted by Crippen LogP contribution is -2.59. The zero-order chi connectivity index (χ0) is 14.1. The van der Waals surface area contributed by atoms with Gasteiger partial charge in [0.25, 0.3) is 5.91 Å². The van der Waals surface area contributed by atoms with Crippen molar-refractivity contribution in [1.82, 2.24) is 0 Å². The molecule has 18 heavy (non-hydrogen) atoms. The van der Waals surface area contributed by atoms with Gasteiger partial charge < -0.3 is 11.1 Å². The van der Waals surface area contributed by atoms with Crippen molar-refractivity contribution in [2.45, 2.75) is 25.6 Å². The van der Waals surface area contributed by atoms with Crippen LogP contribution in [0.5, 0.6) is 0 Å². The van der Waals surface area contributed by atoms with Gasteiger partial charge in [0.05, 0.1) is 0 Å². The molecule has 0 aliphatic heterocycles. The summed E-state index contributed by atoms with van der Waals surface area (Å²) in [5, 5.41) is 2.18. The van der Waals surface area contributed by atoms with Crippen molar-refractivity contribution in [2.75, 3.05) is 5.32 Å². The van der Waals surface area contributed by atoms with E-state index in [0.717, 1.165) is 4.47 Å². The molecule has 1 unspecified atom stereocenters. The monoisotopic (exact) mass is 324 g/mol. The molecule has 0 saturated carbocycles. The lowest BCUT2D eigenvalue weighted by molar-refractivity contribution is -0.184. The molecule has 3 N–H and O–H groups in total. The number of nitrogens with one attached hydrogen (secondary N) is 1. The molecule has 0 aromatic heterocycles. The second-order valence-electron chi connectivity index (χ2n) is 4.11. The van der Waals surface area contributed by atoms with Crippen molar-refractivity contribution in [3.8, 4) is 0 Å². The molecule has 0 radical (unpaired) electrons. The molecule has 0 aliphatic carbocycles. The van der Waals surface area contributed by atoms with Gasteiger partial charge in [-0.15, -0.1) is 0 Å². The van der Waals surface area contributed by atoms with Crippen molar-refractivity contribution in [3.63, 3.8) is 0 Å². The molecular weight excluding hydrogens is 313 g/mol. The average molecular weight is 325 g/mol. The Labute approximate surface area is 111 Å². The number of hydrogen-bond donors (Lipinski definition) is 2. The molecule has 0 fully saturated rings. The molecule has 0 bridgehead atoms. The summed E-state index contributed by atoms with van der Waals surface area (Å²) >= 11 is 3.22. The predicted molar refractivity (Wildman–Crippen MR) is 66.2 cm³/mol. The zero-order valence-corrected chi connectivity index (χ0v) is 11.3. The number of amides is 1. The average Bonchev–Trinajstić information content (AvgIpc) is 2.20. The van der Waals surface area contributed by atoms with Crippen LogP contribution in [-0.4, -0.2) is 17.6 Å². The smallest absolute Gasteiger partial charge is 0.324 e. The summed E-state index contributed by atoms with van der Waals surface area (Å²) in [6.07, 6.45) is -4.81. The van der Waals surface area contributed by atoms with Gasteiger partial charge in [0.2, 0.25) is 0 Å². The number of alkyl halides is 3. The highest BCUT2D eigenvalue weighted by molar-refractivity contribution is 9.10. The topological polar surface area (TPSA) is 55.1 Å². The normalized spacial score (nSPS) is 15.1. The molecule has 1 amide bonds. The highest BCUT2D eigenvalue weighted by Crippen LogP contribution is 2.29. The standard InChI is InChI=1S/C11H12BrF3N2O/c1-6-5-7(12)3-4-8(6)17-9(18)10(2,16)11(13,14)15/h3-5H,16H2,1-2H3,(H,17,18). The molecule has 7 heteroatoms. The Kier molecular flexibility index (Phi) is 4.07. The third kappa shape index (κ3) is 3.02. The van der Waals surface area contributed by atoms with Crippen LogP contribution in [0.1, 0.15) is 12.5 Å². The van der Waals surface area contributed by atoms with Crippen LogP contribution in [0.2, 0.25) is 0 Å². The van der Waals surface area contributed by atoms with E-state index in [4.69, 9.17) is 5.73 Å². The molecule has 0 heterocycles. The number of halogens is 4. The fraction of sp³-hybridized carbons (Fsp3) is 0.364. The van der Waals surface area contributed by atoms with E-state index in [9.17, 15) is 18.0 Å². The molecule has 1 atom stereocenters. The van der Waals surface area contributed by atoms with E-state index in [1.54, 1.807) is 19.1 Å². The van der Waals surface area contributed by atoms with Crippen LogP contribution in [0.25, 0.3) is 0 Å². The number of aryl methyl sites for hydroxylation is 1. The lowest BCUT2D eigenvalue weighted by atomic mass is 10.0. The van der Waals surface area contributed by atoms with E-state index in [1.165, 1.54) is 6.07 Å². The summed E-state index contributed by atoms with van der Waals surface area (Å²) in [6, 6.07) is 4.80. The summed E-state index contributed by atoms with van der Waals surface area (Å²) < 4.78 is 38.4. The maximum Gasteiger partial charge on any atom is 0.415 e. The minimum atomic E-state index is -4.81. The van der Waals surface area contributed by atoms with Gasteiger partial charge in [-0.2, -0.15) is 13.2 Å². The molecule has 0 spiro atoms. The maximum atomic E-state index is 12.6. The molecular formula is C11H12BrF3N2O. The first kappa shape index (κ1) is 15.0. The summed E-state index contributed by atoms with van der Waals surface area (Å²) in [7, 11) is 0. The maximum absolute atomic E-state index is 12.6. The summed E-state index contributed by atoms with van der Waals surface area (Å²) in [6.45, 7) is 2.30. The second kappa shape index (κ2) is 4.89. The quantitative estimate of drug-likeness (QED) is 0.878. The molecule has 1 aromatic rings. The van der Waals surface area contributed by atoms with Crippen LogP contribution < -0.4 is 11.1 Å². The van der Waals surface area contributed by atoms with Gasteiger partial charge in [-0.05, 0) is 37.6 Å². The zero-order valence-electron chi connectivity index (χ0n) is 9.73. The van der Waals surface area contributed by atoms with Gasteiger partial charge in [-0.1, -0.05) is 15.9 Å². The second-order valence-corrected chi connectivity index (χ2v) is 5.03. The van der Waals surface area contributed by atoms with E-state index in [1.807, 2.05) is 0 Å². The number of anilines is 1. The lowest BCUT2D eigenvalue weighted by Gasteiger charge is -2.26. The van der Waals surface area contributed by atoms with Crippen molar-refractivity contribution < 1.29 is 18.0 Å². The first-order valence-corrected chi connectivity index (χ1v) is 5.78. The fourth-order valence-corrected chi connectivity index (χ4v) is 1.62. The number of carbonyl (C=O) groups excluding carboxylic acids is 1. The van der Waals surface area contributed by atoms with E-state index in [2.05, 4.69) is 21.2 Å². The van der Waals surface area contributed by atoms with Gasteiger partial charge in [0.15, 0.2) is 5.54 Å². The number of benzene rings is 1. The summed E-state index contributed by atoms with van der Waals surface area (Å²) in [5.41, 5.74) is 3.03. The van der Waals surface area contributed by atoms with Gasteiger partial charge in [0.1, 0.15) is 0 Å². The highest BCUT2D eigenvalue weighted by Gasteiger charge is 2.54. The van der Waals surface area contributed by atoms with Gasteiger partial charge >= 0.3 is 6.18 Å². The summed E-state index contributed by atoms with van der Waals surface area (Å²) in [5.74, 6) is -1.29. The number of rotatable bonds is 2. The van der Waals surface area contributed by atoms with Crippen molar-refractivity contribution in [2.24, 2.45) is 5.73 Å². The SMILES string of the molecule is Cc1cc(Br)ccc1NC(=O)C(C)(N)C(F)(F)F. The van der Waals surface area contributed by atoms with E-state index >= 15 is 0 Å². The minimum Gasteiger partial charge on any atom is -0.324 e. The van der Waals surface area contributed by atoms with Crippen molar-refractivity contribution in [3.05, 3.63) is 28.2 Å². The first-order chi connectivity index (χ1) is 8.05. The number of hydrogen-bond acceptors (Lipinski definition) is 2. The van der Waals surface area contributed by atoms with Crippen LogP contribution in [0.3, 0.4) is 0 Å². The Bertz CT molecular complexity index is 472. The molecule has 3 nitrogen and oxygen atoms in total. The Balaban J connectivity index is 2.95. The Morgan fingerprint density at radius 3 is 2.39 bits per heavy atom. The molecule has 1 rings (SSSR count). The van der Waals surface area contributed by atoms with Gasteiger partial charge in [0, 0.05) is 10.2 Å². The van der Waals surface area contributed by atoms with E-state index in [-0.39, 0.29) is 0 Å². The molecule has 100 valence electrons. The number of nitrogens with two attached hydrogens (primary N) is 1. The third-order valence-corrected chi connectivity index (χ3v) is 2.99. The predicted octanol–water partition coefficient (Wildman–Crippen LogP) is 2.98. The fourth-order valence-electron chi connectivity index (χ4n) is 1.15. The van der Waals surface area contributed by atoms with Gasteiger partial charge in [-0.3, -0.25) is 4.79 Å². The summed E-state index contributed by atoms with van der Waals surface area (Å²) in [4.78, 5) is 11.6. The van der Waals surface area contributed by atoms with Crippen LogP contribution in [0.15, 0.2) is 22.7 Å². The minimum absolute atomic E-state index is 0.295. The molecule has 0 aliphatic rings. The Morgan fingerprint density at radius 1 is 1.39 bits per heavy atom. The van der Waals surface area contributed by atoms with Crippen molar-refractivity contribution in [1.29, 1.82) is 0 Å². The first-order valence-electron chi connectivity index (χ1n) is 4.99. The van der Waals surface area contributed by atoms with Crippen LogP contribution in [0, 0.1) is 6.92 Å². The Hall–Kier alpha value is -1.08. The van der Waals surface area contributed by atoms with Crippen molar-refractivity contribution >= 4 is 27.5 Å². The Morgan fingerprint density at radius 2 is 1.94 bits per heavy atom. The van der Waals surface area contributed by atoms with E-state index < -0.39 is 17.6 Å². The number of carbonyl (C=O) groups is 1.